The van der Waals surface area contributed by atoms with Gasteiger partial charge in [0.25, 0.3) is 5.72 Å². The van der Waals surface area contributed by atoms with Crippen molar-refractivity contribution in [3.8, 4) is 0 Å². The highest BCUT2D eigenvalue weighted by Crippen LogP contribution is 2.44. The summed E-state index contributed by atoms with van der Waals surface area (Å²) in [6, 6.07) is 0. The zero-order valence-electron chi connectivity index (χ0n) is 12.1. The minimum atomic E-state index is -4.90. The van der Waals surface area contributed by atoms with E-state index in [-0.39, 0.29) is 5.71 Å². The highest BCUT2D eigenvalue weighted by Gasteiger charge is 2.63. The number of nitrogens with zero attached hydrogens (tertiary/aromatic N) is 2. The number of carbonyl (C=O) groups excluding carboxylic acids is 1. The van der Waals surface area contributed by atoms with Crippen LogP contribution >= 0.6 is 0 Å². The Balaban J connectivity index is 2.07. The lowest BCUT2D eigenvalue weighted by Crippen LogP contribution is -2.57. The van der Waals surface area contributed by atoms with Crippen LogP contribution in [0, 0.1) is 5.92 Å². The maximum absolute atomic E-state index is 13.1. The summed E-state index contributed by atoms with van der Waals surface area (Å²) in [6.45, 7) is 2.05. The Bertz CT molecular complexity index is 432. The Morgan fingerprint density at radius 2 is 2.05 bits per heavy atom. The standard InChI is InChI=1S/C14H21F3N2O2/c1-2-3-4-5-6-11-9-13(21,14(15,16)17)19(18-11)12(20)10-7-8-10/h10,21H,2-9H2,1H3/t13-/m0/s1. The van der Waals surface area contributed by atoms with E-state index in [1.54, 1.807) is 0 Å². The number of unbranched alkanes of at least 4 members (excludes halogenated alkanes) is 3. The maximum atomic E-state index is 13.1. The summed E-state index contributed by atoms with van der Waals surface area (Å²) in [6.07, 6.45) is -0.287. The molecule has 1 aliphatic carbocycles. The van der Waals surface area contributed by atoms with Gasteiger partial charge >= 0.3 is 6.18 Å². The van der Waals surface area contributed by atoms with Crippen molar-refractivity contribution in [2.75, 3.05) is 0 Å². The summed E-state index contributed by atoms with van der Waals surface area (Å²) in [5.74, 6) is -1.12. The molecule has 0 aromatic heterocycles. The van der Waals surface area contributed by atoms with Crippen molar-refractivity contribution >= 4 is 11.6 Å². The second-order valence-electron chi connectivity index (χ2n) is 5.89. The van der Waals surface area contributed by atoms with Crippen LogP contribution in [0.25, 0.3) is 0 Å². The van der Waals surface area contributed by atoms with Crippen molar-refractivity contribution in [3.05, 3.63) is 0 Å². The quantitative estimate of drug-likeness (QED) is 0.766. The van der Waals surface area contributed by atoms with Gasteiger partial charge in [-0.2, -0.15) is 23.3 Å². The number of alkyl halides is 3. The van der Waals surface area contributed by atoms with Crippen LogP contribution in [-0.4, -0.2) is 33.6 Å². The predicted octanol–water partition coefficient (Wildman–Crippen LogP) is 3.21. The third-order valence-corrected chi connectivity index (χ3v) is 3.95. The lowest BCUT2D eigenvalue weighted by Gasteiger charge is -2.32. The Morgan fingerprint density at radius 1 is 1.38 bits per heavy atom. The molecule has 1 amide bonds. The van der Waals surface area contributed by atoms with Gasteiger partial charge in [0.1, 0.15) is 0 Å². The number of hydrazone groups is 1. The topological polar surface area (TPSA) is 52.9 Å². The van der Waals surface area contributed by atoms with Crippen molar-refractivity contribution in [2.24, 2.45) is 11.0 Å². The van der Waals surface area contributed by atoms with Crippen LogP contribution in [0.3, 0.4) is 0 Å². The van der Waals surface area contributed by atoms with Crippen LogP contribution in [-0.2, 0) is 4.79 Å². The lowest BCUT2D eigenvalue weighted by atomic mass is 10.0. The van der Waals surface area contributed by atoms with Gasteiger partial charge in [0.2, 0.25) is 5.91 Å². The fourth-order valence-electron chi connectivity index (χ4n) is 2.47. The Hall–Kier alpha value is -1.11. The molecule has 4 nitrogen and oxygen atoms in total. The van der Waals surface area contributed by atoms with Crippen LogP contribution in [0.1, 0.15) is 58.3 Å². The summed E-state index contributed by atoms with van der Waals surface area (Å²) in [5.41, 5.74) is -2.90. The summed E-state index contributed by atoms with van der Waals surface area (Å²) >= 11 is 0. The third-order valence-electron chi connectivity index (χ3n) is 3.95. The lowest BCUT2D eigenvalue weighted by molar-refractivity contribution is -0.302. The first-order valence-electron chi connectivity index (χ1n) is 7.49. The fraction of sp³-hybridized carbons (Fsp3) is 0.857. The van der Waals surface area contributed by atoms with Crippen LogP contribution in [0.15, 0.2) is 5.10 Å². The van der Waals surface area contributed by atoms with E-state index in [0.29, 0.717) is 24.3 Å². The average Bonchev–Trinajstić information content (AvgIpc) is 3.17. The van der Waals surface area contributed by atoms with E-state index >= 15 is 0 Å². The fourth-order valence-corrected chi connectivity index (χ4v) is 2.47. The Morgan fingerprint density at radius 3 is 2.57 bits per heavy atom. The van der Waals surface area contributed by atoms with E-state index in [4.69, 9.17) is 0 Å². The molecule has 21 heavy (non-hydrogen) atoms. The molecule has 2 aliphatic rings. The van der Waals surface area contributed by atoms with E-state index in [0.717, 1.165) is 25.7 Å². The molecular weight excluding hydrogens is 285 g/mol. The van der Waals surface area contributed by atoms with Crippen molar-refractivity contribution in [1.29, 1.82) is 0 Å². The monoisotopic (exact) mass is 306 g/mol. The molecule has 1 N–H and O–H groups in total. The zero-order valence-corrected chi connectivity index (χ0v) is 12.1. The number of halogens is 3. The van der Waals surface area contributed by atoms with Crippen molar-refractivity contribution < 1.29 is 23.1 Å². The van der Waals surface area contributed by atoms with Gasteiger partial charge in [-0.15, -0.1) is 0 Å². The minimum Gasteiger partial charge on any atom is -0.362 e. The number of amides is 1. The second kappa shape index (κ2) is 5.94. The van der Waals surface area contributed by atoms with Gasteiger partial charge in [0.05, 0.1) is 0 Å². The number of hydrogen-bond donors (Lipinski definition) is 1. The second-order valence-corrected chi connectivity index (χ2v) is 5.89. The molecule has 0 saturated heterocycles. The summed E-state index contributed by atoms with van der Waals surface area (Å²) in [7, 11) is 0. The molecule has 1 saturated carbocycles. The number of rotatable bonds is 6. The number of aliphatic hydroxyl groups is 1. The highest BCUT2D eigenvalue weighted by atomic mass is 19.4. The summed E-state index contributed by atoms with van der Waals surface area (Å²) < 4.78 is 39.4. The molecule has 1 atom stereocenters. The molecule has 0 unspecified atom stereocenters. The van der Waals surface area contributed by atoms with Gasteiger partial charge < -0.3 is 5.11 Å². The molecule has 2 rings (SSSR count). The van der Waals surface area contributed by atoms with Gasteiger partial charge in [-0.05, 0) is 25.7 Å². The Labute approximate surface area is 122 Å². The van der Waals surface area contributed by atoms with E-state index in [1.807, 2.05) is 6.92 Å². The molecule has 0 spiro atoms. The smallest absolute Gasteiger partial charge is 0.362 e. The summed E-state index contributed by atoms with van der Waals surface area (Å²) in [4.78, 5) is 12.0. The largest absolute Gasteiger partial charge is 0.438 e. The molecule has 0 aromatic rings. The zero-order chi connectivity index (χ0) is 15.7. The first kappa shape index (κ1) is 16.3. The average molecular weight is 306 g/mol. The molecular formula is C14H21F3N2O2. The summed E-state index contributed by atoms with van der Waals surface area (Å²) in [5, 5.41) is 14.1. The molecule has 0 aromatic carbocycles. The maximum Gasteiger partial charge on any atom is 0.438 e. The number of carbonyl (C=O) groups is 1. The molecule has 0 bridgehead atoms. The molecule has 7 heteroatoms. The van der Waals surface area contributed by atoms with Gasteiger partial charge in [-0.1, -0.05) is 26.2 Å². The molecule has 1 heterocycles. The van der Waals surface area contributed by atoms with Crippen LogP contribution < -0.4 is 0 Å². The van der Waals surface area contributed by atoms with E-state index < -0.39 is 30.1 Å². The van der Waals surface area contributed by atoms with Gasteiger partial charge in [-0.3, -0.25) is 4.79 Å². The third kappa shape index (κ3) is 3.39. The van der Waals surface area contributed by atoms with Gasteiger partial charge in [0.15, 0.2) is 0 Å². The van der Waals surface area contributed by atoms with E-state index in [1.165, 1.54) is 0 Å². The first-order chi connectivity index (χ1) is 9.79. The van der Waals surface area contributed by atoms with Crippen molar-refractivity contribution in [1.82, 2.24) is 5.01 Å². The number of hydrogen-bond acceptors (Lipinski definition) is 3. The SMILES string of the molecule is CCCCCCC1=NN(C(=O)C2CC2)[C@@](O)(C(F)(F)F)C1. The molecule has 0 radical (unpaired) electrons. The van der Waals surface area contributed by atoms with Gasteiger partial charge in [0, 0.05) is 18.1 Å². The van der Waals surface area contributed by atoms with Crippen molar-refractivity contribution in [3.63, 3.8) is 0 Å². The van der Waals surface area contributed by atoms with Gasteiger partial charge in [-0.25, -0.2) is 0 Å². The van der Waals surface area contributed by atoms with E-state index in [9.17, 15) is 23.1 Å². The first-order valence-corrected chi connectivity index (χ1v) is 7.49. The van der Waals surface area contributed by atoms with Crippen molar-refractivity contribution in [2.45, 2.75) is 70.2 Å². The van der Waals surface area contributed by atoms with Crippen LogP contribution in [0.5, 0.6) is 0 Å². The molecule has 120 valence electrons. The molecule has 1 aliphatic heterocycles. The minimum absolute atomic E-state index is 0.264. The normalized spacial score (nSPS) is 26.1. The van der Waals surface area contributed by atoms with Crippen LogP contribution in [0.2, 0.25) is 0 Å². The van der Waals surface area contributed by atoms with Crippen LogP contribution in [0.4, 0.5) is 13.2 Å². The predicted molar refractivity (Wildman–Crippen MR) is 71.4 cm³/mol. The Kier molecular flexibility index (Phi) is 4.60. The molecule has 1 fully saturated rings. The van der Waals surface area contributed by atoms with E-state index in [2.05, 4.69) is 5.10 Å². The highest BCUT2D eigenvalue weighted by molar-refractivity contribution is 5.91.